The fraction of sp³-hybridized carbons (Fsp3) is 0.636. The van der Waals surface area contributed by atoms with E-state index in [4.69, 9.17) is 11.6 Å². The third-order valence-electron chi connectivity index (χ3n) is 2.49. The molecule has 90 valence electrons. The Labute approximate surface area is 101 Å². The van der Waals surface area contributed by atoms with Crippen molar-refractivity contribution in [3.8, 4) is 0 Å². The molecule has 16 heavy (non-hydrogen) atoms. The third-order valence-corrected chi connectivity index (χ3v) is 2.81. The average molecular weight is 244 g/mol. The predicted octanol–water partition coefficient (Wildman–Crippen LogP) is 2.27. The molecule has 0 aliphatic carbocycles. The SMILES string of the molecule is CCc1c(Cl)ncnc1NCCC(O)CC. The molecule has 5 heteroatoms. The first kappa shape index (κ1) is 13.2. The number of aromatic nitrogens is 2. The van der Waals surface area contributed by atoms with Crippen LogP contribution in [0.1, 0.15) is 32.3 Å². The van der Waals surface area contributed by atoms with Crippen LogP contribution < -0.4 is 5.32 Å². The van der Waals surface area contributed by atoms with E-state index in [2.05, 4.69) is 15.3 Å². The van der Waals surface area contributed by atoms with E-state index in [1.165, 1.54) is 6.33 Å². The molecule has 1 heterocycles. The summed E-state index contributed by atoms with van der Waals surface area (Å²) in [6, 6.07) is 0. The van der Waals surface area contributed by atoms with E-state index in [-0.39, 0.29) is 6.10 Å². The first-order chi connectivity index (χ1) is 7.69. The summed E-state index contributed by atoms with van der Waals surface area (Å²) < 4.78 is 0. The van der Waals surface area contributed by atoms with Gasteiger partial charge in [-0.2, -0.15) is 0 Å². The molecule has 0 spiro atoms. The zero-order valence-corrected chi connectivity index (χ0v) is 10.5. The van der Waals surface area contributed by atoms with Crippen molar-refractivity contribution >= 4 is 17.4 Å². The van der Waals surface area contributed by atoms with Crippen LogP contribution in [-0.2, 0) is 6.42 Å². The first-order valence-electron chi connectivity index (χ1n) is 5.60. The molecule has 0 amide bonds. The van der Waals surface area contributed by atoms with Gasteiger partial charge in [-0.15, -0.1) is 0 Å². The Kier molecular flexibility index (Phi) is 5.49. The first-order valence-corrected chi connectivity index (χ1v) is 5.98. The maximum atomic E-state index is 9.42. The largest absolute Gasteiger partial charge is 0.393 e. The Balaban J connectivity index is 2.56. The van der Waals surface area contributed by atoms with Gasteiger partial charge in [-0.1, -0.05) is 25.4 Å². The van der Waals surface area contributed by atoms with Gasteiger partial charge in [0.15, 0.2) is 0 Å². The van der Waals surface area contributed by atoms with Crippen LogP contribution in [0.4, 0.5) is 5.82 Å². The molecule has 1 aromatic rings. The smallest absolute Gasteiger partial charge is 0.137 e. The van der Waals surface area contributed by atoms with E-state index in [1.807, 2.05) is 13.8 Å². The number of nitrogens with zero attached hydrogens (tertiary/aromatic N) is 2. The molecule has 4 nitrogen and oxygen atoms in total. The lowest BCUT2D eigenvalue weighted by Crippen LogP contribution is -2.14. The second-order valence-corrected chi connectivity index (χ2v) is 3.98. The number of halogens is 1. The van der Waals surface area contributed by atoms with Crippen LogP contribution in [0.15, 0.2) is 6.33 Å². The van der Waals surface area contributed by atoms with Gasteiger partial charge < -0.3 is 10.4 Å². The number of aliphatic hydroxyl groups is 1. The van der Waals surface area contributed by atoms with Gasteiger partial charge in [-0.05, 0) is 19.3 Å². The molecular formula is C11H18ClN3O. The van der Waals surface area contributed by atoms with Gasteiger partial charge >= 0.3 is 0 Å². The number of anilines is 1. The summed E-state index contributed by atoms with van der Waals surface area (Å²) in [5.74, 6) is 0.769. The third kappa shape index (κ3) is 3.61. The van der Waals surface area contributed by atoms with Crippen molar-refractivity contribution in [2.24, 2.45) is 0 Å². The minimum atomic E-state index is -0.255. The van der Waals surface area contributed by atoms with E-state index < -0.39 is 0 Å². The monoisotopic (exact) mass is 243 g/mol. The minimum absolute atomic E-state index is 0.255. The summed E-state index contributed by atoms with van der Waals surface area (Å²) >= 11 is 5.96. The number of rotatable bonds is 6. The van der Waals surface area contributed by atoms with Crippen molar-refractivity contribution in [1.29, 1.82) is 0 Å². The second kappa shape index (κ2) is 6.66. The van der Waals surface area contributed by atoms with Crippen LogP contribution in [-0.4, -0.2) is 27.7 Å². The molecule has 1 unspecified atom stereocenters. The van der Waals surface area contributed by atoms with Gasteiger partial charge in [-0.25, -0.2) is 9.97 Å². The van der Waals surface area contributed by atoms with E-state index in [0.717, 1.165) is 24.2 Å². The summed E-state index contributed by atoms with van der Waals surface area (Å²) in [5, 5.41) is 13.1. The molecule has 0 aliphatic rings. The van der Waals surface area contributed by atoms with E-state index in [1.54, 1.807) is 0 Å². The lowest BCUT2D eigenvalue weighted by atomic mass is 10.2. The van der Waals surface area contributed by atoms with Gasteiger partial charge in [0.05, 0.1) is 6.10 Å². The second-order valence-electron chi connectivity index (χ2n) is 3.62. The molecule has 2 N–H and O–H groups in total. The van der Waals surface area contributed by atoms with Crippen molar-refractivity contribution in [1.82, 2.24) is 9.97 Å². The molecule has 0 radical (unpaired) electrons. The quantitative estimate of drug-likeness (QED) is 0.753. The average Bonchev–Trinajstić information content (AvgIpc) is 2.29. The van der Waals surface area contributed by atoms with Crippen molar-refractivity contribution in [3.05, 3.63) is 17.0 Å². The van der Waals surface area contributed by atoms with Crippen molar-refractivity contribution in [2.45, 2.75) is 39.2 Å². The highest BCUT2D eigenvalue weighted by atomic mass is 35.5. The molecule has 0 aliphatic heterocycles. The molecule has 0 saturated heterocycles. The lowest BCUT2D eigenvalue weighted by Gasteiger charge is -2.12. The number of nitrogens with one attached hydrogen (secondary N) is 1. The Bertz CT molecular complexity index is 333. The fourth-order valence-electron chi connectivity index (χ4n) is 1.42. The van der Waals surface area contributed by atoms with Crippen LogP contribution in [0.25, 0.3) is 0 Å². The van der Waals surface area contributed by atoms with Crippen molar-refractivity contribution in [2.75, 3.05) is 11.9 Å². The van der Waals surface area contributed by atoms with Crippen LogP contribution in [0, 0.1) is 0 Å². The van der Waals surface area contributed by atoms with Gasteiger partial charge in [0, 0.05) is 12.1 Å². The molecule has 1 atom stereocenters. The highest BCUT2D eigenvalue weighted by Crippen LogP contribution is 2.19. The van der Waals surface area contributed by atoms with Gasteiger partial charge in [0.2, 0.25) is 0 Å². The van der Waals surface area contributed by atoms with Gasteiger partial charge in [0.1, 0.15) is 17.3 Å². The van der Waals surface area contributed by atoms with E-state index in [9.17, 15) is 5.11 Å². The molecule has 1 rings (SSSR count). The number of aliphatic hydroxyl groups excluding tert-OH is 1. The summed E-state index contributed by atoms with van der Waals surface area (Å²) in [5.41, 5.74) is 0.926. The Morgan fingerprint density at radius 1 is 1.44 bits per heavy atom. The standard InChI is InChI=1S/C11H18ClN3O/c1-3-8(16)5-6-13-11-9(4-2)10(12)14-7-15-11/h7-8,16H,3-6H2,1-2H3,(H,13,14,15). The molecule has 0 saturated carbocycles. The topological polar surface area (TPSA) is 58.0 Å². The van der Waals surface area contributed by atoms with Crippen LogP contribution in [0.2, 0.25) is 5.15 Å². The lowest BCUT2D eigenvalue weighted by molar-refractivity contribution is 0.164. The Hall–Kier alpha value is -0.870. The van der Waals surface area contributed by atoms with Crippen molar-refractivity contribution < 1.29 is 5.11 Å². The van der Waals surface area contributed by atoms with Crippen LogP contribution in [0.3, 0.4) is 0 Å². The summed E-state index contributed by atoms with van der Waals surface area (Å²) in [4.78, 5) is 8.08. The Morgan fingerprint density at radius 2 is 2.19 bits per heavy atom. The summed E-state index contributed by atoms with van der Waals surface area (Å²) in [6.07, 6.45) is 3.46. The van der Waals surface area contributed by atoms with Crippen LogP contribution in [0.5, 0.6) is 0 Å². The highest BCUT2D eigenvalue weighted by Gasteiger charge is 2.07. The molecule has 1 aromatic heterocycles. The highest BCUT2D eigenvalue weighted by molar-refractivity contribution is 6.30. The predicted molar refractivity (Wildman–Crippen MR) is 65.8 cm³/mol. The molecule has 0 fully saturated rings. The van der Waals surface area contributed by atoms with E-state index >= 15 is 0 Å². The van der Waals surface area contributed by atoms with Crippen molar-refractivity contribution in [3.63, 3.8) is 0 Å². The summed E-state index contributed by atoms with van der Waals surface area (Å²) in [6.45, 7) is 4.66. The molecular weight excluding hydrogens is 226 g/mol. The minimum Gasteiger partial charge on any atom is -0.393 e. The zero-order valence-electron chi connectivity index (χ0n) is 9.70. The number of hydrogen-bond donors (Lipinski definition) is 2. The number of hydrogen-bond acceptors (Lipinski definition) is 4. The molecule has 0 aromatic carbocycles. The van der Waals surface area contributed by atoms with Crippen LogP contribution >= 0.6 is 11.6 Å². The molecule has 0 bridgehead atoms. The summed E-state index contributed by atoms with van der Waals surface area (Å²) in [7, 11) is 0. The normalized spacial score (nSPS) is 12.5. The fourth-order valence-corrected chi connectivity index (χ4v) is 1.68. The maximum absolute atomic E-state index is 9.42. The maximum Gasteiger partial charge on any atom is 0.137 e. The van der Waals surface area contributed by atoms with E-state index in [0.29, 0.717) is 18.1 Å². The van der Waals surface area contributed by atoms with Gasteiger partial charge in [-0.3, -0.25) is 0 Å². The zero-order chi connectivity index (χ0) is 12.0. The van der Waals surface area contributed by atoms with Gasteiger partial charge in [0.25, 0.3) is 0 Å². The Morgan fingerprint density at radius 3 is 2.81 bits per heavy atom.